The molecule has 1 aromatic carbocycles. The minimum atomic E-state index is 0. The number of methoxy groups -OCH3 is 1. The lowest BCUT2D eigenvalue weighted by atomic mass is 10.2. The van der Waals surface area contributed by atoms with Crippen LogP contribution in [0, 0.1) is 0 Å². The highest BCUT2D eigenvalue weighted by Crippen LogP contribution is 2.25. The summed E-state index contributed by atoms with van der Waals surface area (Å²) in [6, 6.07) is 5.59. The zero-order chi connectivity index (χ0) is 15.1. The Balaban J connectivity index is 0.00000242. The van der Waals surface area contributed by atoms with E-state index < -0.39 is 0 Å². The number of thioether (sulfide) groups is 1. The van der Waals surface area contributed by atoms with E-state index in [2.05, 4.69) is 15.2 Å². The fourth-order valence-corrected chi connectivity index (χ4v) is 3.33. The van der Waals surface area contributed by atoms with E-state index in [-0.39, 0.29) is 12.4 Å². The smallest absolute Gasteiger partial charge is 0.159 e. The summed E-state index contributed by atoms with van der Waals surface area (Å²) in [5, 5.41) is 5.65. The summed E-state index contributed by atoms with van der Waals surface area (Å²) in [6.45, 7) is 3.33. The Labute approximate surface area is 152 Å². The second kappa shape index (κ2) is 10.6. The van der Waals surface area contributed by atoms with Gasteiger partial charge >= 0.3 is 0 Å². The highest BCUT2D eigenvalue weighted by Gasteiger charge is 2.12. The molecule has 1 heterocycles. The van der Waals surface area contributed by atoms with Crippen LogP contribution < -0.4 is 5.32 Å². The van der Waals surface area contributed by atoms with Crippen LogP contribution in [0.1, 0.15) is 12.0 Å². The zero-order valence-corrected chi connectivity index (χ0v) is 15.5. The van der Waals surface area contributed by atoms with Gasteiger partial charge in [-0.2, -0.15) is 0 Å². The van der Waals surface area contributed by atoms with Gasteiger partial charge in [0.2, 0.25) is 0 Å². The minimum Gasteiger partial charge on any atom is -0.385 e. The number of aliphatic imine (C=N–C) groups is 1. The van der Waals surface area contributed by atoms with Crippen molar-refractivity contribution in [3.8, 4) is 0 Å². The zero-order valence-electron chi connectivity index (χ0n) is 12.3. The maximum absolute atomic E-state index is 6.16. The number of rotatable bonds is 6. The van der Waals surface area contributed by atoms with Crippen LogP contribution >= 0.6 is 47.4 Å². The largest absolute Gasteiger partial charge is 0.385 e. The number of halogens is 3. The first-order chi connectivity index (χ1) is 10.2. The summed E-state index contributed by atoms with van der Waals surface area (Å²) in [7, 11) is 1.73. The summed E-state index contributed by atoms with van der Waals surface area (Å²) in [4.78, 5) is 6.78. The van der Waals surface area contributed by atoms with Crippen LogP contribution in [0.15, 0.2) is 23.2 Å². The van der Waals surface area contributed by atoms with Crippen LogP contribution in [-0.4, -0.2) is 43.7 Å². The molecule has 0 amide bonds. The van der Waals surface area contributed by atoms with E-state index in [4.69, 9.17) is 27.9 Å². The third-order valence-corrected chi connectivity index (χ3v) is 4.66. The molecule has 0 saturated carbocycles. The molecule has 0 spiro atoms. The summed E-state index contributed by atoms with van der Waals surface area (Å²) in [5.74, 6) is 0.783. The van der Waals surface area contributed by atoms with Gasteiger partial charge in [-0.05, 0) is 24.1 Å². The molecule has 1 aliphatic rings. The standard InChI is InChI=1S/C14H19Cl2N3OS.ClH/c1-20-6-2-5-19-9-17-14(18-10-19)21-8-11-3-4-12(15)7-13(11)16;/h3-4,7H,2,5-6,8-10H2,1H3,(H,17,18);1H. The first-order valence-corrected chi connectivity index (χ1v) is 8.49. The Hall–Kier alpha value is -0.170. The molecule has 0 aromatic heterocycles. The van der Waals surface area contributed by atoms with E-state index in [9.17, 15) is 0 Å². The van der Waals surface area contributed by atoms with E-state index >= 15 is 0 Å². The quantitative estimate of drug-likeness (QED) is 0.756. The summed E-state index contributed by atoms with van der Waals surface area (Å²) in [6.07, 6.45) is 1.02. The lowest BCUT2D eigenvalue weighted by Crippen LogP contribution is -2.42. The monoisotopic (exact) mass is 383 g/mol. The Morgan fingerprint density at radius 3 is 2.86 bits per heavy atom. The fraction of sp³-hybridized carbons (Fsp3) is 0.500. The third-order valence-electron chi connectivity index (χ3n) is 3.07. The number of hydrogen-bond donors (Lipinski definition) is 1. The first-order valence-electron chi connectivity index (χ1n) is 6.75. The van der Waals surface area contributed by atoms with Gasteiger partial charge in [0, 0.05) is 36.1 Å². The van der Waals surface area contributed by atoms with Gasteiger partial charge in [0.05, 0.1) is 13.3 Å². The van der Waals surface area contributed by atoms with Crippen molar-refractivity contribution in [2.75, 3.05) is 33.6 Å². The maximum Gasteiger partial charge on any atom is 0.159 e. The SMILES string of the molecule is COCCCN1CN=C(SCc2ccc(Cl)cc2Cl)NC1.Cl. The van der Waals surface area contributed by atoms with Gasteiger partial charge in [-0.25, -0.2) is 4.99 Å². The lowest BCUT2D eigenvalue weighted by molar-refractivity contribution is 0.170. The van der Waals surface area contributed by atoms with E-state index in [1.165, 1.54) is 0 Å². The number of amidine groups is 1. The Bertz CT molecular complexity index is 502. The van der Waals surface area contributed by atoms with Gasteiger partial charge in [0.1, 0.15) is 0 Å². The van der Waals surface area contributed by atoms with Crippen molar-refractivity contribution in [2.24, 2.45) is 4.99 Å². The average Bonchev–Trinajstić information content (AvgIpc) is 2.48. The predicted octanol–water partition coefficient (Wildman–Crippen LogP) is 3.86. The summed E-state index contributed by atoms with van der Waals surface area (Å²) in [5.41, 5.74) is 1.07. The van der Waals surface area contributed by atoms with Crippen molar-refractivity contribution in [3.63, 3.8) is 0 Å². The second-order valence-corrected chi connectivity index (χ2v) is 6.51. The molecule has 124 valence electrons. The molecule has 0 saturated heterocycles. The van der Waals surface area contributed by atoms with Gasteiger partial charge in [-0.3, -0.25) is 4.90 Å². The maximum atomic E-state index is 6.16. The number of nitrogens with one attached hydrogen (secondary N) is 1. The lowest BCUT2D eigenvalue weighted by Gasteiger charge is -2.26. The molecule has 4 nitrogen and oxygen atoms in total. The summed E-state index contributed by atoms with van der Waals surface area (Å²) < 4.78 is 5.05. The van der Waals surface area contributed by atoms with Gasteiger partial charge in [-0.15, -0.1) is 12.4 Å². The van der Waals surface area contributed by atoms with Crippen LogP contribution in [0.5, 0.6) is 0 Å². The highest BCUT2D eigenvalue weighted by atomic mass is 35.5. The van der Waals surface area contributed by atoms with Crippen molar-refractivity contribution in [3.05, 3.63) is 33.8 Å². The third kappa shape index (κ3) is 6.52. The average molecular weight is 385 g/mol. The molecule has 1 aliphatic heterocycles. The van der Waals surface area contributed by atoms with Crippen molar-refractivity contribution < 1.29 is 4.74 Å². The molecule has 22 heavy (non-hydrogen) atoms. The number of hydrogen-bond acceptors (Lipinski definition) is 5. The van der Waals surface area contributed by atoms with Gasteiger partial charge in [-0.1, -0.05) is 41.0 Å². The van der Waals surface area contributed by atoms with Crippen molar-refractivity contribution in [1.29, 1.82) is 0 Å². The van der Waals surface area contributed by atoms with Gasteiger partial charge < -0.3 is 10.1 Å². The number of ether oxygens (including phenoxy) is 1. The van der Waals surface area contributed by atoms with Crippen molar-refractivity contribution >= 4 is 52.5 Å². The highest BCUT2D eigenvalue weighted by molar-refractivity contribution is 8.13. The van der Waals surface area contributed by atoms with Crippen LogP contribution in [-0.2, 0) is 10.5 Å². The van der Waals surface area contributed by atoms with Crippen LogP contribution in [0.4, 0.5) is 0 Å². The van der Waals surface area contributed by atoms with Crippen LogP contribution in [0.3, 0.4) is 0 Å². The minimum absolute atomic E-state index is 0. The van der Waals surface area contributed by atoms with Gasteiger partial charge in [0.15, 0.2) is 5.17 Å². The molecule has 1 aromatic rings. The van der Waals surface area contributed by atoms with E-state index in [1.54, 1.807) is 24.9 Å². The van der Waals surface area contributed by atoms with Crippen molar-refractivity contribution in [1.82, 2.24) is 10.2 Å². The fourth-order valence-electron chi connectivity index (χ4n) is 1.91. The Morgan fingerprint density at radius 1 is 1.41 bits per heavy atom. The van der Waals surface area contributed by atoms with Crippen LogP contribution in [0.25, 0.3) is 0 Å². The van der Waals surface area contributed by atoms with E-state index in [0.29, 0.717) is 10.0 Å². The molecule has 2 rings (SSSR count). The van der Waals surface area contributed by atoms with Crippen molar-refractivity contribution in [2.45, 2.75) is 12.2 Å². The topological polar surface area (TPSA) is 36.9 Å². The molecular weight excluding hydrogens is 365 g/mol. The van der Waals surface area contributed by atoms with E-state index in [1.807, 2.05) is 12.1 Å². The Kier molecular flexibility index (Phi) is 9.55. The first kappa shape index (κ1) is 19.9. The molecule has 0 fully saturated rings. The van der Waals surface area contributed by atoms with Crippen LogP contribution in [0.2, 0.25) is 10.0 Å². The normalized spacial score (nSPS) is 15.0. The second-order valence-electron chi connectivity index (χ2n) is 4.70. The molecule has 0 atom stereocenters. The predicted molar refractivity (Wildman–Crippen MR) is 98.5 cm³/mol. The molecular formula is C14H20Cl3N3OS. The number of nitrogens with zero attached hydrogens (tertiary/aromatic N) is 2. The Morgan fingerprint density at radius 2 is 2.23 bits per heavy atom. The molecule has 0 unspecified atom stereocenters. The molecule has 1 N–H and O–H groups in total. The molecule has 0 radical (unpaired) electrons. The molecule has 0 bridgehead atoms. The summed E-state index contributed by atoms with van der Waals surface area (Å²) >= 11 is 13.7. The number of benzene rings is 1. The van der Waals surface area contributed by atoms with E-state index in [0.717, 1.165) is 49.4 Å². The molecule has 8 heteroatoms. The molecule has 0 aliphatic carbocycles. The van der Waals surface area contributed by atoms with Gasteiger partial charge in [0.25, 0.3) is 0 Å².